The van der Waals surface area contributed by atoms with Gasteiger partial charge < -0.3 is 29.2 Å². The molecule has 8 nitrogen and oxygen atoms in total. The number of aryl methyl sites for hydroxylation is 1. The summed E-state index contributed by atoms with van der Waals surface area (Å²) in [6.07, 6.45) is 9.33. The van der Waals surface area contributed by atoms with E-state index in [0.717, 1.165) is 102 Å². The minimum Gasteiger partial charge on any atom is -0.488 e. The molecule has 0 spiro atoms. The van der Waals surface area contributed by atoms with E-state index in [2.05, 4.69) is 24.8 Å². The van der Waals surface area contributed by atoms with Crippen LogP contribution in [0.4, 0.5) is 4.79 Å². The number of carbonyl (C=O) groups excluding carboxylic acids is 1. The van der Waals surface area contributed by atoms with Crippen molar-refractivity contribution >= 4 is 6.16 Å². The maximum Gasteiger partial charge on any atom is 0.508 e. The second-order valence-corrected chi connectivity index (χ2v) is 12.6. The van der Waals surface area contributed by atoms with E-state index in [4.69, 9.17) is 18.9 Å². The van der Waals surface area contributed by atoms with Gasteiger partial charge in [-0.2, -0.15) is 0 Å². The number of aliphatic hydroxyl groups excluding tert-OH is 2. The molecule has 0 aromatic heterocycles. The number of nitrogens with zero attached hydrogens (tertiary/aromatic N) is 1. The lowest BCUT2D eigenvalue weighted by Crippen LogP contribution is -2.52. The summed E-state index contributed by atoms with van der Waals surface area (Å²) in [6, 6.07) is 6.09. The van der Waals surface area contributed by atoms with Gasteiger partial charge in [0, 0.05) is 13.7 Å². The van der Waals surface area contributed by atoms with Gasteiger partial charge in [0.25, 0.3) is 0 Å². The molecule has 3 heterocycles. The van der Waals surface area contributed by atoms with Gasteiger partial charge in [0.1, 0.15) is 24.6 Å². The van der Waals surface area contributed by atoms with Gasteiger partial charge in [-0.1, -0.05) is 38.8 Å². The van der Waals surface area contributed by atoms with Crippen molar-refractivity contribution in [3.8, 4) is 5.75 Å². The summed E-state index contributed by atoms with van der Waals surface area (Å²) in [6.45, 7) is 7.43. The Kier molecular flexibility index (Phi) is 12.6. The first-order valence-corrected chi connectivity index (χ1v) is 16.1. The molecule has 1 aromatic carbocycles. The summed E-state index contributed by atoms with van der Waals surface area (Å²) < 4.78 is 22.5. The molecule has 1 aromatic rings. The number of benzene rings is 1. The molecule has 6 atom stereocenters. The van der Waals surface area contributed by atoms with Gasteiger partial charge in [0.15, 0.2) is 6.29 Å². The molecule has 3 aliphatic heterocycles. The van der Waals surface area contributed by atoms with Gasteiger partial charge in [0.05, 0.1) is 6.10 Å². The molecule has 0 saturated carbocycles. The smallest absolute Gasteiger partial charge is 0.488 e. The van der Waals surface area contributed by atoms with Gasteiger partial charge in [-0.3, -0.25) is 4.90 Å². The molecule has 2 bridgehead atoms. The standard InChI is InChI=1S/C33H53NO7/c1-4-5-6-9-27(40-33(37)41-31-21-34-17-15-26(31)16-18-34)14-11-23(2)29(35)20-24-12-13-25-8-7-10-30(28(25)19-24)39-22-32(36)38-3/h7-8,10,23-24,26-27,29,31-32,35-36H,4-6,9,11-22H2,1-3H3/t23-,24-,27-,29+,31+,32?/m0/s1. The highest BCUT2D eigenvalue weighted by molar-refractivity contribution is 5.60. The Labute approximate surface area is 246 Å². The Balaban J connectivity index is 1.25. The minimum absolute atomic E-state index is 0.0429. The van der Waals surface area contributed by atoms with Crippen molar-refractivity contribution in [3.05, 3.63) is 29.3 Å². The van der Waals surface area contributed by atoms with E-state index in [-0.39, 0.29) is 24.7 Å². The number of ether oxygens (including phenoxy) is 4. The van der Waals surface area contributed by atoms with Crippen molar-refractivity contribution in [1.29, 1.82) is 0 Å². The molecule has 4 aliphatic rings. The second-order valence-electron chi connectivity index (χ2n) is 12.6. The summed E-state index contributed by atoms with van der Waals surface area (Å²) in [5, 5.41) is 20.9. The zero-order chi connectivity index (χ0) is 29.2. The van der Waals surface area contributed by atoms with Crippen LogP contribution < -0.4 is 4.74 Å². The highest BCUT2D eigenvalue weighted by atomic mass is 16.7. The zero-order valence-corrected chi connectivity index (χ0v) is 25.5. The van der Waals surface area contributed by atoms with Crippen LogP contribution in [-0.2, 0) is 27.1 Å². The van der Waals surface area contributed by atoms with Gasteiger partial charge in [0.2, 0.25) is 0 Å². The fraction of sp³-hybridized carbons (Fsp3) is 0.788. The van der Waals surface area contributed by atoms with Crippen LogP contribution in [0.25, 0.3) is 0 Å². The van der Waals surface area contributed by atoms with Gasteiger partial charge in [-0.25, -0.2) is 4.79 Å². The third-order valence-electron chi connectivity index (χ3n) is 9.61. The summed E-state index contributed by atoms with van der Waals surface area (Å²) >= 11 is 0. The fourth-order valence-electron chi connectivity index (χ4n) is 6.82. The molecular formula is C33H53NO7. The van der Waals surface area contributed by atoms with E-state index in [1.165, 1.54) is 18.2 Å². The van der Waals surface area contributed by atoms with Gasteiger partial charge >= 0.3 is 6.16 Å². The Morgan fingerprint density at radius 1 is 1.10 bits per heavy atom. The normalized spacial score (nSPS) is 26.5. The third kappa shape index (κ3) is 9.57. The molecule has 41 heavy (non-hydrogen) atoms. The molecule has 1 aliphatic carbocycles. The van der Waals surface area contributed by atoms with E-state index in [9.17, 15) is 15.0 Å². The van der Waals surface area contributed by atoms with Crippen LogP contribution in [0.5, 0.6) is 5.75 Å². The Morgan fingerprint density at radius 2 is 1.90 bits per heavy atom. The minimum atomic E-state index is -0.954. The van der Waals surface area contributed by atoms with E-state index in [1.807, 2.05) is 12.1 Å². The first-order chi connectivity index (χ1) is 19.9. The molecule has 1 unspecified atom stereocenters. The summed E-state index contributed by atoms with van der Waals surface area (Å²) in [5.41, 5.74) is 2.46. The van der Waals surface area contributed by atoms with Crippen LogP contribution in [-0.4, -0.2) is 79.2 Å². The lowest BCUT2D eigenvalue weighted by atomic mass is 9.79. The van der Waals surface area contributed by atoms with E-state index >= 15 is 0 Å². The molecule has 3 fully saturated rings. The lowest BCUT2D eigenvalue weighted by molar-refractivity contribution is -0.0969. The fourth-order valence-corrected chi connectivity index (χ4v) is 6.82. The number of methoxy groups -OCH3 is 1. The predicted octanol–water partition coefficient (Wildman–Crippen LogP) is 5.50. The Bertz CT molecular complexity index is 934. The number of hydrogen-bond donors (Lipinski definition) is 2. The third-order valence-corrected chi connectivity index (χ3v) is 9.61. The number of unbranched alkanes of at least 4 members (excludes halogenated alkanes) is 2. The molecule has 0 amide bonds. The largest absolute Gasteiger partial charge is 0.508 e. The number of hydrogen-bond acceptors (Lipinski definition) is 8. The zero-order valence-electron chi connectivity index (χ0n) is 25.5. The highest BCUT2D eigenvalue weighted by Gasteiger charge is 2.37. The van der Waals surface area contributed by atoms with Crippen LogP contribution >= 0.6 is 0 Å². The molecule has 5 rings (SSSR count). The SMILES string of the molecule is CCCCC[C@@H](CC[C@H](C)[C@H](O)C[C@H]1CCc2cccc(OCC(O)OC)c2C1)OC(=O)O[C@@H]1CN2CCC1CC2. The van der Waals surface area contributed by atoms with E-state index in [0.29, 0.717) is 11.8 Å². The highest BCUT2D eigenvalue weighted by Crippen LogP contribution is 2.36. The molecule has 8 heteroatoms. The molecular weight excluding hydrogens is 522 g/mol. The van der Waals surface area contributed by atoms with E-state index < -0.39 is 18.5 Å². The second kappa shape index (κ2) is 16.1. The van der Waals surface area contributed by atoms with Crippen molar-refractivity contribution in [3.63, 3.8) is 0 Å². The monoisotopic (exact) mass is 575 g/mol. The average Bonchev–Trinajstić information content (AvgIpc) is 2.99. The van der Waals surface area contributed by atoms with Crippen LogP contribution in [0.15, 0.2) is 18.2 Å². The Morgan fingerprint density at radius 3 is 2.61 bits per heavy atom. The quantitative estimate of drug-likeness (QED) is 0.152. The molecule has 2 N–H and O–H groups in total. The number of piperidine rings is 3. The van der Waals surface area contributed by atoms with Crippen molar-refractivity contribution < 1.29 is 34.0 Å². The van der Waals surface area contributed by atoms with Crippen LogP contribution in [0.1, 0.15) is 89.2 Å². The van der Waals surface area contributed by atoms with E-state index in [1.54, 1.807) is 0 Å². The Hall–Kier alpha value is -1.87. The molecule has 0 radical (unpaired) electrons. The summed E-state index contributed by atoms with van der Waals surface area (Å²) in [4.78, 5) is 15.1. The average molecular weight is 576 g/mol. The summed E-state index contributed by atoms with van der Waals surface area (Å²) in [5.74, 6) is 1.73. The van der Waals surface area contributed by atoms with Crippen LogP contribution in [0.3, 0.4) is 0 Å². The number of fused-ring (bicyclic) bond motifs is 4. The topological polar surface area (TPSA) is 97.7 Å². The number of rotatable bonds is 16. The van der Waals surface area contributed by atoms with Crippen molar-refractivity contribution in [2.24, 2.45) is 17.8 Å². The van der Waals surface area contributed by atoms with Crippen molar-refractivity contribution in [2.75, 3.05) is 33.4 Å². The van der Waals surface area contributed by atoms with Crippen LogP contribution in [0, 0.1) is 17.8 Å². The predicted molar refractivity (Wildman–Crippen MR) is 158 cm³/mol. The first kappa shape index (κ1) is 32.1. The first-order valence-electron chi connectivity index (χ1n) is 16.1. The number of aliphatic hydroxyl groups is 2. The van der Waals surface area contributed by atoms with Gasteiger partial charge in [-0.05, 0) is 112 Å². The van der Waals surface area contributed by atoms with Crippen molar-refractivity contribution in [2.45, 2.75) is 115 Å². The van der Waals surface area contributed by atoms with Crippen LogP contribution in [0.2, 0.25) is 0 Å². The molecule has 3 saturated heterocycles. The molecule has 232 valence electrons. The maximum atomic E-state index is 12.8. The number of carbonyl (C=O) groups is 1. The maximum absolute atomic E-state index is 12.8. The van der Waals surface area contributed by atoms with Gasteiger partial charge in [-0.15, -0.1) is 0 Å². The van der Waals surface area contributed by atoms with Crippen molar-refractivity contribution in [1.82, 2.24) is 4.90 Å². The summed E-state index contributed by atoms with van der Waals surface area (Å²) in [7, 11) is 1.46. The lowest BCUT2D eigenvalue weighted by Gasteiger charge is -2.43.